The summed E-state index contributed by atoms with van der Waals surface area (Å²) in [5, 5.41) is 3.94. The molecule has 5 nitrogen and oxygen atoms in total. The van der Waals surface area contributed by atoms with E-state index in [0.29, 0.717) is 11.7 Å². The van der Waals surface area contributed by atoms with Crippen molar-refractivity contribution in [3.8, 4) is 0 Å². The number of rotatable bonds is 2. The first kappa shape index (κ1) is 11.5. The zero-order valence-electron chi connectivity index (χ0n) is 10.1. The van der Waals surface area contributed by atoms with E-state index in [4.69, 9.17) is 15.0 Å². The number of hydrogen-bond acceptors (Lipinski definition) is 5. The molecule has 0 radical (unpaired) electrons. The van der Waals surface area contributed by atoms with Gasteiger partial charge < -0.3 is 15.0 Å². The fourth-order valence-corrected chi connectivity index (χ4v) is 1.66. The standard InChI is InChI=1S/C11H19N3O2/c1-11(2,3)8(12)9-13-10(16-14-9)7-5-4-6-15-7/h7-8H,4-6,12H2,1-3H3. The molecule has 2 rings (SSSR count). The molecule has 0 bridgehead atoms. The van der Waals surface area contributed by atoms with E-state index >= 15 is 0 Å². The first-order chi connectivity index (χ1) is 7.48. The molecule has 16 heavy (non-hydrogen) atoms. The molecule has 0 aromatic carbocycles. The van der Waals surface area contributed by atoms with Crippen LogP contribution < -0.4 is 5.73 Å². The summed E-state index contributed by atoms with van der Waals surface area (Å²) < 4.78 is 10.7. The van der Waals surface area contributed by atoms with Gasteiger partial charge in [0.2, 0.25) is 0 Å². The summed E-state index contributed by atoms with van der Waals surface area (Å²) >= 11 is 0. The van der Waals surface area contributed by atoms with E-state index < -0.39 is 0 Å². The highest BCUT2D eigenvalue weighted by Gasteiger charge is 2.29. The van der Waals surface area contributed by atoms with E-state index in [1.807, 2.05) is 0 Å². The summed E-state index contributed by atoms with van der Waals surface area (Å²) in [5.74, 6) is 1.13. The van der Waals surface area contributed by atoms with Gasteiger partial charge in [-0.2, -0.15) is 4.98 Å². The van der Waals surface area contributed by atoms with Crippen LogP contribution in [0.4, 0.5) is 0 Å². The molecule has 0 aliphatic carbocycles. The average Bonchev–Trinajstić information content (AvgIpc) is 2.85. The van der Waals surface area contributed by atoms with Crippen molar-refractivity contribution in [3.63, 3.8) is 0 Å². The zero-order chi connectivity index (χ0) is 11.8. The largest absolute Gasteiger partial charge is 0.368 e. The summed E-state index contributed by atoms with van der Waals surface area (Å²) in [6.45, 7) is 6.94. The molecule has 1 aliphatic heterocycles. The lowest BCUT2D eigenvalue weighted by Gasteiger charge is -2.23. The molecule has 0 amide bonds. The van der Waals surface area contributed by atoms with Crippen molar-refractivity contribution in [1.29, 1.82) is 0 Å². The first-order valence-electron chi connectivity index (χ1n) is 5.69. The minimum Gasteiger partial charge on any atom is -0.368 e. The number of nitrogens with zero attached hydrogens (tertiary/aromatic N) is 2. The minimum absolute atomic E-state index is 0.0339. The van der Waals surface area contributed by atoms with Crippen LogP contribution in [0, 0.1) is 5.41 Å². The van der Waals surface area contributed by atoms with Crippen LogP contribution in [-0.2, 0) is 4.74 Å². The molecule has 1 saturated heterocycles. The van der Waals surface area contributed by atoms with Crippen molar-refractivity contribution >= 4 is 0 Å². The van der Waals surface area contributed by atoms with Crippen molar-refractivity contribution in [1.82, 2.24) is 10.1 Å². The lowest BCUT2D eigenvalue weighted by atomic mass is 9.87. The van der Waals surface area contributed by atoms with Crippen LogP contribution >= 0.6 is 0 Å². The lowest BCUT2D eigenvalue weighted by Crippen LogP contribution is -2.27. The van der Waals surface area contributed by atoms with Gasteiger partial charge in [0, 0.05) is 6.61 Å². The average molecular weight is 225 g/mol. The highest BCUT2D eigenvalue weighted by Crippen LogP contribution is 2.31. The highest BCUT2D eigenvalue weighted by atomic mass is 16.5. The summed E-state index contributed by atoms with van der Waals surface area (Å²) in [6, 6.07) is -0.216. The Balaban J connectivity index is 2.12. The molecule has 5 heteroatoms. The molecule has 2 N–H and O–H groups in total. The fourth-order valence-electron chi connectivity index (χ4n) is 1.66. The maximum absolute atomic E-state index is 6.06. The smallest absolute Gasteiger partial charge is 0.255 e. The molecule has 1 aromatic rings. The molecule has 0 spiro atoms. The van der Waals surface area contributed by atoms with Crippen molar-refractivity contribution in [3.05, 3.63) is 11.7 Å². The molecule has 2 heterocycles. The predicted octanol–water partition coefficient (Wildman–Crippen LogP) is 1.97. The number of ether oxygens (including phenoxy) is 1. The summed E-state index contributed by atoms with van der Waals surface area (Å²) in [6.07, 6.45) is 1.97. The van der Waals surface area contributed by atoms with E-state index in [-0.39, 0.29) is 17.6 Å². The van der Waals surface area contributed by atoms with Crippen LogP contribution in [0.25, 0.3) is 0 Å². The van der Waals surface area contributed by atoms with Gasteiger partial charge in [-0.25, -0.2) is 0 Å². The van der Waals surface area contributed by atoms with Gasteiger partial charge in [-0.05, 0) is 18.3 Å². The topological polar surface area (TPSA) is 74.2 Å². The van der Waals surface area contributed by atoms with Crippen molar-refractivity contribution in [2.24, 2.45) is 11.1 Å². The van der Waals surface area contributed by atoms with Gasteiger partial charge in [-0.1, -0.05) is 25.9 Å². The maximum Gasteiger partial charge on any atom is 0.255 e. The third-order valence-corrected chi connectivity index (χ3v) is 2.87. The summed E-state index contributed by atoms with van der Waals surface area (Å²) in [4.78, 5) is 4.33. The molecule has 1 fully saturated rings. The van der Waals surface area contributed by atoms with Gasteiger partial charge in [-0.3, -0.25) is 0 Å². The van der Waals surface area contributed by atoms with Crippen LogP contribution in [0.2, 0.25) is 0 Å². The quantitative estimate of drug-likeness (QED) is 0.832. The van der Waals surface area contributed by atoms with Gasteiger partial charge in [0.1, 0.15) is 6.10 Å². The van der Waals surface area contributed by atoms with Gasteiger partial charge in [0.15, 0.2) is 5.82 Å². The normalized spacial score (nSPS) is 23.6. The minimum atomic E-state index is -0.216. The molecular weight excluding hydrogens is 206 g/mol. The van der Waals surface area contributed by atoms with E-state index in [2.05, 4.69) is 30.9 Å². The Labute approximate surface area is 95.3 Å². The van der Waals surface area contributed by atoms with Crippen LogP contribution in [-0.4, -0.2) is 16.7 Å². The second-order valence-corrected chi connectivity index (χ2v) is 5.34. The third kappa shape index (κ3) is 2.25. The molecule has 1 aliphatic rings. The van der Waals surface area contributed by atoms with Crippen LogP contribution in [0.5, 0.6) is 0 Å². The number of nitrogens with two attached hydrogens (primary N) is 1. The van der Waals surface area contributed by atoms with Gasteiger partial charge in [0.25, 0.3) is 5.89 Å². The molecule has 1 aromatic heterocycles. The van der Waals surface area contributed by atoms with E-state index in [1.165, 1.54) is 0 Å². The van der Waals surface area contributed by atoms with Crippen molar-refractivity contribution in [2.45, 2.75) is 45.8 Å². The lowest BCUT2D eigenvalue weighted by molar-refractivity contribution is 0.0835. The van der Waals surface area contributed by atoms with Crippen LogP contribution in [0.15, 0.2) is 4.52 Å². The Kier molecular flexibility index (Phi) is 2.99. The van der Waals surface area contributed by atoms with Crippen molar-refractivity contribution in [2.75, 3.05) is 6.61 Å². The molecule has 0 saturated carbocycles. The monoisotopic (exact) mass is 225 g/mol. The van der Waals surface area contributed by atoms with Gasteiger partial charge in [0.05, 0.1) is 6.04 Å². The maximum atomic E-state index is 6.06. The molecular formula is C11H19N3O2. The van der Waals surface area contributed by atoms with Crippen LogP contribution in [0.1, 0.15) is 57.5 Å². The van der Waals surface area contributed by atoms with Gasteiger partial charge >= 0.3 is 0 Å². The number of aromatic nitrogens is 2. The van der Waals surface area contributed by atoms with Gasteiger partial charge in [-0.15, -0.1) is 0 Å². The van der Waals surface area contributed by atoms with Crippen LogP contribution in [0.3, 0.4) is 0 Å². The Morgan fingerprint density at radius 3 is 2.75 bits per heavy atom. The predicted molar refractivity (Wildman–Crippen MR) is 58.6 cm³/mol. The highest BCUT2D eigenvalue weighted by molar-refractivity contribution is 5.00. The molecule has 2 atom stereocenters. The Hall–Kier alpha value is -0.940. The zero-order valence-corrected chi connectivity index (χ0v) is 10.1. The summed E-state index contributed by atoms with van der Waals surface area (Å²) in [7, 11) is 0. The van der Waals surface area contributed by atoms with E-state index in [9.17, 15) is 0 Å². The molecule has 90 valence electrons. The fraction of sp³-hybridized carbons (Fsp3) is 0.818. The Bertz CT molecular complexity index is 350. The van der Waals surface area contributed by atoms with E-state index in [0.717, 1.165) is 19.4 Å². The number of hydrogen-bond donors (Lipinski definition) is 1. The van der Waals surface area contributed by atoms with Crippen molar-refractivity contribution < 1.29 is 9.26 Å². The second-order valence-electron chi connectivity index (χ2n) is 5.34. The Morgan fingerprint density at radius 1 is 1.44 bits per heavy atom. The summed E-state index contributed by atoms with van der Waals surface area (Å²) in [5.41, 5.74) is 5.99. The SMILES string of the molecule is CC(C)(C)C(N)c1noc(C2CCCO2)n1. The first-order valence-corrected chi connectivity index (χ1v) is 5.69. The van der Waals surface area contributed by atoms with E-state index in [1.54, 1.807) is 0 Å². The third-order valence-electron chi connectivity index (χ3n) is 2.87. The second kappa shape index (κ2) is 4.14. The Morgan fingerprint density at radius 2 is 2.19 bits per heavy atom. The molecule has 2 unspecified atom stereocenters.